The summed E-state index contributed by atoms with van der Waals surface area (Å²) in [4.78, 5) is 21.6. The van der Waals surface area contributed by atoms with E-state index in [1.54, 1.807) is 28.8 Å². The van der Waals surface area contributed by atoms with Gasteiger partial charge in [-0.2, -0.15) is 0 Å². The molecule has 0 atom stereocenters. The lowest BCUT2D eigenvalue weighted by Gasteiger charge is -2.17. The number of aliphatic imine (C=N–C) groups is 1. The number of nitrogens with zero attached hydrogens (tertiary/aromatic N) is 2. The van der Waals surface area contributed by atoms with Gasteiger partial charge in [0.05, 0.1) is 11.4 Å². The van der Waals surface area contributed by atoms with E-state index in [9.17, 15) is 9.90 Å². The lowest BCUT2D eigenvalue weighted by atomic mass is 10.0. The van der Waals surface area contributed by atoms with E-state index in [0.29, 0.717) is 16.8 Å². The van der Waals surface area contributed by atoms with Gasteiger partial charge in [0.1, 0.15) is 5.75 Å². The van der Waals surface area contributed by atoms with Gasteiger partial charge in [0.15, 0.2) is 0 Å². The Bertz CT molecular complexity index is 1120. The molecule has 0 radical (unpaired) electrons. The largest absolute Gasteiger partial charge is 0.507 e. The fourth-order valence-electron chi connectivity index (χ4n) is 3.47. The van der Waals surface area contributed by atoms with E-state index in [0.717, 1.165) is 40.4 Å². The van der Waals surface area contributed by atoms with Crippen LogP contribution < -0.4 is 0 Å². The summed E-state index contributed by atoms with van der Waals surface area (Å²) in [5.74, 6) is 0.184. The monoisotopic (exact) mass is 416 g/mol. The molecule has 3 aromatic rings. The van der Waals surface area contributed by atoms with Gasteiger partial charge in [-0.3, -0.25) is 4.79 Å². The molecule has 30 heavy (non-hydrogen) atoms. The summed E-state index contributed by atoms with van der Waals surface area (Å²) in [5, 5.41) is 10.5. The molecule has 0 aromatic heterocycles. The van der Waals surface area contributed by atoms with E-state index in [1.165, 1.54) is 0 Å². The predicted molar refractivity (Wildman–Crippen MR) is 122 cm³/mol. The average molecular weight is 417 g/mol. The number of rotatable bonds is 5. The first kappa shape index (κ1) is 20.2. The molecule has 1 amide bonds. The van der Waals surface area contributed by atoms with Crippen molar-refractivity contribution in [3.8, 4) is 5.75 Å². The highest BCUT2D eigenvalue weighted by atomic mass is 32.2. The first-order valence-electron chi connectivity index (χ1n) is 10.1. The van der Waals surface area contributed by atoms with Crippen molar-refractivity contribution >= 4 is 29.1 Å². The molecule has 0 aliphatic carbocycles. The Kier molecular flexibility index (Phi) is 5.91. The molecule has 0 bridgehead atoms. The van der Waals surface area contributed by atoms with Crippen LogP contribution >= 0.6 is 11.8 Å². The second kappa shape index (κ2) is 8.76. The standard InChI is InChI=1S/C25H24N2O2S/c1-3-4-15-27(2)25(29)17-13-14-23-20(16-17)26-24(18-9-5-7-11-21(18)28)19-10-6-8-12-22(19)30-23/h5-14,16,28H,3-4,15H2,1-2H3. The van der Waals surface area contributed by atoms with E-state index in [4.69, 9.17) is 4.99 Å². The summed E-state index contributed by atoms with van der Waals surface area (Å²) in [6, 6.07) is 21.0. The molecule has 1 N–H and O–H groups in total. The topological polar surface area (TPSA) is 52.9 Å². The van der Waals surface area contributed by atoms with Crippen LogP contribution in [0.1, 0.15) is 41.3 Å². The number of phenols is 1. The number of hydrogen-bond donors (Lipinski definition) is 1. The Balaban J connectivity index is 1.82. The van der Waals surface area contributed by atoms with E-state index in [2.05, 4.69) is 13.0 Å². The van der Waals surface area contributed by atoms with E-state index >= 15 is 0 Å². The third-order valence-electron chi connectivity index (χ3n) is 5.15. The minimum absolute atomic E-state index is 0.00248. The van der Waals surface area contributed by atoms with Gasteiger partial charge < -0.3 is 10.0 Å². The smallest absolute Gasteiger partial charge is 0.253 e. The number of unbranched alkanes of at least 4 members (excludes halogenated alkanes) is 1. The SMILES string of the molecule is CCCCN(C)C(=O)c1ccc2c(c1)N=C(c1ccccc1O)c1ccccc1S2. The molecule has 1 heterocycles. The van der Waals surface area contributed by atoms with Crippen molar-refractivity contribution in [2.24, 2.45) is 4.99 Å². The highest BCUT2D eigenvalue weighted by Crippen LogP contribution is 2.42. The third kappa shape index (κ3) is 3.98. The van der Waals surface area contributed by atoms with Crippen LogP contribution in [-0.4, -0.2) is 35.2 Å². The first-order valence-corrected chi connectivity index (χ1v) is 10.9. The molecule has 1 aliphatic rings. The van der Waals surface area contributed by atoms with Crippen LogP contribution in [0.3, 0.4) is 0 Å². The van der Waals surface area contributed by atoms with Gasteiger partial charge in [0.2, 0.25) is 0 Å². The Morgan fingerprint density at radius 3 is 2.50 bits per heavy atom. The summed E-state index contributed by atoms with van der Waals surface area (Å²) in [5.41, 5.74) is 3.71. The Hall–Kier alpha value is -3.05. The fourth-order valence-corrected chi connectivity index (χ4v) is 4.47. The minimum Gasteiger partial charge on any atom is -0.507 e. The highest BCUT2D eigenvalue weighted by molar-refractivity contribution is 7.99. The average Bonchev–Trinajstić information content (AvgIpc) is 2.93. The predicted octanol–water partition coefficient (Wildman–Crippen LogP) is 5.90. The number of fused-ring (bicyclic) bond motifs is 2. The van der Waals surface area contributed by atoms with Crippen molar-refractivity contribution in [3.05, 3.63) is 83.4 Å². The summed E-state index contributed by atoms with van der Waals surface area (Å²) in [7, 11) is 1.84. The zero-order valence-corrected chi connectivity index (χ0v) is 17.9. The molecule has 152 valence electrons. The molecule has 0 unspecified atom stereocenters. The number of aromatic hydroxyl groups is 1. The van der Waals surface area contributed by atoms with Gasteiger partial charge in [0.25, 0.3) is 5.91 Å². The molecule has 4 rings (SSSR count). The number of carbonyl (C=O) groups excluding carboxylic acids is 1. The first-order chi connectivity index (χ1) is 14.6. The number of phenolic OH excluding ortho intramolecular Hbond substituents is 1. The van der Waals surface area contributed by atoms with Crippen molar-refractivity contribution in [1.29, 1.82) is 0 Å². The van der Waals surface area contributed by atoms with Gasteiger partial charge in [0, 0.05) is 40.1 Å². The van der Waals surface area contributed by atoms with Crippen molar-refractivity contribution in [2.45, 2.75) is 29.6 Å². The summed E-state index contributed by atoms with van der Waals surface area (Å²) in [6.07, 6.45) is 2.03. The summed E-state index contributed by atoms with van der Waals surface area (Å²) >= 11 is 1.63. The zero-order valence-electron chi connectivity index (χ0n) is 17.1. The Morgan fingerprint density at radius 2 is 1.73 bits per heavy atom. The van der Waals surface area contributed by atoms with E-state index in [-0.39, 0.29) is 11.7 Å². The second-order valence-electron chi connectivity index (χ2n) is 7.34. The van der Waals surface area contributed by atoms with E-state index in [1.807, 2.05) is 55.6 Å². The number of hydrogen-bond acceptors (Lipinski definition) is 4. The maximum atomic E-state index is 12.9. The van der Waals surface area contributed by atoms with Crippen LogP contribution in [0.25, 0.3) is 0 Å². The summed E-state index contributed by atoms with van der Waals surface area (Å²) < 4.78 is 0. The normalized spacial score (nSPS) is 12.4. The Morgan fingerprint density at radius 1 is 1.00 bits per heavy atom. The van der Waals surface area contributed by atoms with Crippen molar-refractivity contribution in [1.82, 2.24) is 4.90 Å². The lowest BCUT2D eigenvalue weighted by Crippen LogP contribution is -2.27. The van der Waals surface area contributed by atoms with Gasteiger partial charge in [-0.25, -0.2) is 4.99 Å². The molecule has 0 saturated heterocycles. The number of benzene rings is 3. The minimum atomic E-state index is -0.00248. The lowest BCUT2D eigenvalue weighted by molar-refractivity contribution is 0.0793. The molecule has 4 nitrogen and oxygen atoms in total. The molecule has 0 spiro atoms. The molecule has 3 aromatic carbocycles. The van der Waals surface area contributed by atoms with Gasteiger partial charge >= 0.3 is 0 Å². The van der Waals surface area contributed by atoms with Crippen LogP contribution in [-0.2, 0) is 0 Å². The van der Waals surface area contributed by atoms with Crippen molar-refractivity contribution in [3.63, 3.8) is 0 Å². The number of para-hydroxylation sites is 1. The second-order valence-corrected chi connectivity index (χ2v) is 8.42. The van der Waals surface area contributed by atoms with Crippen LogP contribution in [0.4, 0.5) is 5.69 Å². The summed E-state index contributed by atoms with van der Waals surface area (Å²) in [6.45, 7) is 2.85. The molecular weight excluding hydrogens is 392 g/mol. The van der Waals surface area contributed by atoms with Gasteiger partial charge in [-0.05, 0) is 42.8 Å². The highest BCUT2D eigenvalue weighted by Gasteiger charge is 2.22. The maximum Gasteiger partial charge on any atom is 0.253 e. The fraction of sp³-hybridized carbons (Fsp3) is 0.200. The zero-order chi connectivity index (χ0) is 21.1. The van der Waals surface area contributed by atoms with Crippen LogP contribution in [0, 0.1) is 0 Å². The van der Waals surface area contributed by atoms with Crippen LogP contribution in [0.2, 0.25) is 0 Å². The molecule has 0 saturated carbocycles. The van der Waals surface area contributed by atoms with Crippen molar-refractivity contribution < 1.29 is 9.90 Å². The molecule has 0 fully saturated rings. The number of carbonyl (C=O) groups is 1. The number of amides is 1. The van der Waals surface area contributed by atoms with Gasteiger partial charge in [-0.15, -0.1) is 0 Å². The maximum absolute atomic E-state index is 12.9. The van der Waals surface area contributed by atoms with Crippen LogP contribution in [0.15, 0.2) is 81.5 Å². The molecular formula is C25H24N2O2S. The molecule has 5 heteroatoms. The van der Waals surface area contributed by atoms with Crippen molar-refractivity contribution in [2.75, 3.05) is 13.6 Å². The Labute approximate surface area is 181 Å². The quantitative estimate of drug-likeness (QED) is 0.441. The third-order valence-corrected chi connectivity index (χ3v) is 6.29. The molecule has 1 aliphatic heterocycles. The van der Waals surface area contributed by atoms with Gasteiger partial charge in [-0.1, -0.05) is 55.4 Å². The van der Waals surface area contributed by atoms with E-state index < -0.39 is 0 Å². The van der Waals surface area contributed by atoms with Crippen LogP contribution in [0.5, 0.6) is 5.75 Å².